The first-order chi connectivity index (χ1) is 8.81. The van der Waals surface area contributed by atoms with Gasteiger partial charge >= 0.3 is 0 Å². The van der Waals surface area contributed by atoms with Gasteiger partial charge in [-0.25, -0.2) is 0 Å². The van der Waals surface area contributed by atoms with Crippen molar-refractivity contribution >= 4 is 5.69 Å². The zero-order valence-electron chi connectivity index (χ0n) is 11.0. The highest BCUT2D eigenvalue weighted by molar-refractivity contribution is 5.60. The number of anilines is 1. The van der Waals surface area contributed by atoms with E-state index in [2.05, 4.69) is 17.9 Å². The van der Waals surface area contributed by atoms with Crippen molar-refractivity contribution in [3.05, 3.63) is 29.8 Å². The van der Waals surface area contributed by atoms with E-state index in [0.717, 1.165) is 24.3 Å². The summed E-state index contributed by atoms with van der Waals surface area (Å²) in [6.07, 6.45) is 3.65. The van der Waals surface area contributed by atoms with Gasteiger partial charge in [-0.2, -0.15) is 5.26 Å². The van der Waals surface area contributed by atoms with Crippen molar-refractivity contribution in [2.45, 2.75) is 32.2 Å². The molecule has 0 heterocycles. The Labute approximate surface area is 109 Å². The number of nitrogens with two attached hydrogens (primary N) is 1. The molecule has 1 saturated carbocycles. The summed E-state index contributed by atoms with van der Waals surface area (Å²) >= 11 is 0. The number of nitrogens with zero attached hydrogens (tertiary/aromatic N) is 2. The summed E-state index contributed by atoms with van der Waals surface area (Å²) in [6.45, 7) is 3.83. The molecule has 96 valence electrons. The van der Waals surface area contributed by atoms with Crippen LogP contribution in [0.1, 0.15) is 31.7 Å². The molecule has 2 rings (SSSR count). The Kier molecular flexibility index (Phi) is 4.22. The van der Waals surface area contributed by atoms with E-state index in [1.54, 1.807) is 0 Å². The molecule has 0 saturated heterocycles. The first-order valence-electron chi connectivity index (χ1n) is 6.77. The van der Waals surface area contributed by atoms with Gasteiger partial charge in [0.2, 0.25) is 0 Å². The molecule has 0 aliphatic heterocycles. The van der Waals surface area contributed by atoms with Crippen LogP contribution in [0, 0.1) is 17.2 Å². The highest BCUT2D eigenvalue weighted by atomic mass is 15.2. The Hall–Kier alpha value is -1.53. The Morgan fingerprint density at radius 3 is 2.83 bits per heavy atom. The molecule has 1 aromatic rings. The first-order valence-corrected chi connectivity index (χ1v) is 6.77. The Morgan fingerprint density at radius 2 is 2.17 bits per heavy atom. The standard InChI is InChI=1S/C15H21N3/c1-2-18(15-9-5-7-13(15)11-17)14-8-4-3-6-12(14)10-16/h3-4,6,8,13,15H,2,5,7,9,11,17H2,1H3. The van der Waals surface area contributed by atoms with Crippen LogP contribution < -0.4 is 10.6 Å². The van der Waals surface area contributed by atoms with Crippen molar-refractivity contribution < 1.29 is 0 Å². The lowest BCUT2D eigenvalue weighted by molar-refractivity contribution is 0.462. The molecule has 0 aromatic heterocycles. The first kappa shape index (κ1) is 12.9. The topological polar surface area (TPSA) is 53.0 Å². The molecule has 0 amide bonds. The molecule has 1 aliphatic carbocycles. The average Bonchev–Trinajstić information content (AvgIpc) is 2.88. The van der Waals surface area contributed by atoms with Gasteiger partial charge in [-0.15, -0.1) is 0 Å². The van der Waals surface area contributed by atoms with Crippen molar-refractivity contribution in [1.29, 1.82) is 5.26 Å². The van der Waals surface area contributed by atoms with E-state index in [0.29, 0.717) is 12.0 Å². The van der Waals surface area contributed by atoms with Crippen molar-refractivity contribution in [2.24, 2.45) is 11.7 Å². The predicted octanol–water partition coefficient (Wildman–Crippen LogP) is 2.51. The lowest BCUT2D eigenvalue weighted by atomic mass is 10.0. The second-order valence-corrected chi connectivity index (χ2v) is 4.91. The van der Waals surface area contributed by atoms with E-state index in [-0.39, 0.29) is 0 Å². The number of benzene rings is 1. The van der Waals surface area contributed by atoms with E-state index in [4.69, 9.17) is 5.73 Å². The molecule has 3 heteroatoms. The molecule has 1 aromatic carbocycles. The molecule has 1 aliphatic rings. The molecule has 18 heavy (non-hydrogen) atoms. The van der Waals surface area contributed by atoms with Crippen LogP contribution in [0.5, 0.6) is 0 Å². The maximum Gasteiger partial charge on any atom is 0.101 e. The third-order valence-electron chi connectivity index (χ3n) is 4.00. The predicted molar refractivity (Wildman–Crippen MR) is 74.4 cm³/mol. The summed E-state index contributed by atoms with van der Waals surface area (Å²) in [6, 6.07) is 10.7. The molecule has 2 N–H and O–H groups in total. The van der Waals surface area contributed by atoms with Crippen molar-refractivity contribution in [3.63, 3.8) is 0 Å². The van der Waals surface area contributed by atoms with Crippen LogP contribution in [0.2, 0.25) is 0 Å². The van der Waals surface area contributed by atoms with Crippen LogP contribution in [-0.2, 0) is 0 Å². The van der Waals surface area contributed by atoms with Crippen molar-refractivity contribution in [2.75, 3.05) is 18.0 Å². The van der Waals surface area contributed by atoms with Gasteiger partial charge in [-0.3, -0.25) is 0 Å². The fraction of sp³-hybridized carbons (Fsp3) is 0.533. The van der Waals surface area contributed by atoms with Gasteiger partial charge < -0.3 is 10.6 Å². The molecule has 0 radical (unpaired) electrons. The minimum Gasteiger partial charge on any atom is -0.367 e. The second kappa shape index (κ2) is 5.88. The van der Waals surface area contributed by atoms with Gasteiger partial charge in [0.1, 0.15) is 6.07 Å². The zero-order valence-corrected chi connectivity index (χ0v) is 11.0. The maximum absolute atomic E-state index is 9.23. The van der Waals surface area contributed by atoms with Crippen molar-refractivity contribution in [1.82, 2.24) is 0 Å². The van der Waals surface area contributed by atoms with Gasteiger partial charge in [0.15, 0.2) is 0 Å². The lowest BCUT2D eigenvalue weighted by Crippen LogP contribution is -2.40. The maximum atomic E-state index is 9.23. The lowest BCUT2D eigenvalue weighted by Gasteiger charge is -2.34. The number of hydrogen-bond acceptors (Lipinski definition) is 3. The summed E-state index contributed by atoms with van der Waals surface area (Å²) in [5, 5.41) is 9.23. The second-order valence-electron chi connectivity index (χ2n) is 4.91. The van der Waals surface area contributed by atoms with E-state index in [1.807, 2.05) is 24.3 Å². The Morgan fingerprint density at radius 1 is 1.39 bits per heavy atom. The largest absolute Gasteiger partial charge is 0.367 e. The minimum absolute atomic E-state index is 0.495. The average molecular weight is 243 g/mol. The molecule has 2 unspecified atom stereocenters. The Bertz CT molecular complexity index is 436. The van der Waals surface area contributed by atoms with E-state index in [1.165, 1.54) is 19.3 Å². The summed E-state index contributed by atoms with van der Waals surface area (Å²) in [4.78, 5) is 2.36. The van der Waals surface area contributed by atoms with Crippen LogP contribution in [0.15, 0.2) is 24.3 Å². The van der Waals surface area contributed by atoms with E-state index in [9.17, 15) is 5.26 Å². The number of hydrogen-bond donors (Lipinski definition) is 1. The van der Waals surface area contributed by atoms with Crippen LogP contribution >= 0.6 is 0 Å². The normalized spacial score (nSPS) is 22.7. The fourth-order valence-electron chi connectivity index (χ4n) is 3.10. The van der Waals surface area contributed by atoms with Crippen LogP contribution in [0.3, 0.4) is 0 Å². The highest BCUT2D eigenvalue weighted by Crippen LogP contribution is 2.33. The fourth-order valence-corrected chi connectivity index (χ4v) is 3.10. The highest BCUT2D eigenvalue weighted by Gasteiger charge is 2.31. The SMILES string of the molecule is CCN(c1ccccc1C#N)C1CCCC1CN. The third-order valence-corrected chi connectivity index (χ3v) is 4.00. The molecule has 1 fully saturated rings. The van der Waals surface area contributed by atoms with Gasteiger partial charge in [-0.1, -0.05) is 18.6 Å². The summed E-state index contributed by atoms with van der Waals surface area (Å²) in [5.41, 5.74) is 7.70. The van der Waals surface area contributed by atoms with Gasteiger partial charge in [0, 0.05) is 12.6 Å². The number of rotatable bonds is 4. The Balaban J connectivity index is 2.31. The summed E-state index contributed by atoms with van der Waals surface area (Å²) in [7, 11) is 0. The minimum atomic E-state index is 0.495. The monoisotopic (exact) mass is 243 g/mol. The van der Waals surface area contributed by atoms with Crippen LogP contribution in [0.25, 0.3) is 0 Å². The third kappa shape index (κ3) is 2.34. The van der Waals surface area contributed by atoms with Crippen LogP contribution in [0.4, 0.5) is 5.69 Å². The summed E-state index contributed by atoms with van der Waals surface area (Å²) < 4.78 is 0. The molecular weight excluding hydrogens is 222 g/mol. The van der Waals surface area contributed by atoms with Crippen molar-refractivity contribution in [3.8, 4) is 6.07 Å². The molecular formula is C15H21N3. The molecule has 0 spiro atoms. The molecule has 0 bridgehead atoms. The number of para-hydroxylation sites is 1. The van der Waals surface area contributed by atoms with E-state index >= 15 is 0 Å². The van der Waals surface area contributed by atoms with E-state index < -0.39 is 0 Å². The summed E-state index contributed by atoms with van der Waals surface area (Å²) in [5.74, 6) is 0.566. The molecule has 3 nitrogen and oxygen atoms in total. The van der Waals surface area contributed by atoms with Crippen LogP contribution in [-0.4, -0.2) is 19.1 Å². The zero-order chi connectivity index (χ0) is 13.0. The number of nitriles is 1. The van der Waals surface area contributed by atoms with Gasteiger partial charge in [0.05, 0.1) is 11.3 Å². The van der Waals surface area contributed by atoms with Gasteiger partial charge in [-0.05, 0) is 44.4 Å². The quantitative estimate of drug-likeness (QED) is 0.884. The smallest absolute Gasteiger partial charge is 0.101 e. The van der Waals surface area contributed by atoms with Gasteiger partial charge in [0.25, 0.3) is 0 Å². The molecule has 2 atom stereocenters.